The Hall–Kier alpha value is -2.60. The predicted molar refractivity (Wildman–Crippen MR) is 100 cm³/mol. The minimum absolute atomic E-state index is 0.105. The number of benzene rings is 2. The van der Waals surface area contributed by atoms with Gasteiger partial charge in [0.15, 0.2) is 9.84 Å². The number of sulfone groups is 1. The maximum atomic E-state index is 12.0. The molecule has 0 spiro atoms. The molecular formula is C19H21NO4S. The van der Waals surface area contributed by atoms with Crippen molar-refractivity contribution in [2.24, 2.45) is 0 Å². The Morgan fingerprint density at radius 1 is 1.08 bits per heavy atom. The van der Waals surface area contributed by atoms with Crippen molar-refractivity contribution in [2.45, 2.75) is 13.3 Å². The van der Waals surface area contributed by atoms with Gasteiger partial charge in [-0.2, -0.15) is 0 Å². The van der Waals surface area contributed by atoms with Gasteiger partial charge in [0.1, 0.15) is 5.75 Å². The quantitative estimate of drug-likeness (QED) is 0.822. The minimum Gasteiger partial charge on any atom is -0.497 e. The van der Waals surface area contributed by atoms with E-state index in [2.05, 4.69) is 5.32 Å². The van der Waals surface area contributed by atoms with Crippen molar-refractivity contribution in [3.63, 3.8) is 0 Å². The first-order chi connectivity index (χ1) is 11.9. The molecule has 5 nitrogen and oxygen atoms in total. The molecular weight excluding hydrogens is 338 g/mol. The Morgan fingerprint density at radius 3 is 2.32 bits per heavy atom. The highest BCUT2D eigenvalue weighted by molar-refractivity contribution is 7.94. The summed E-state index contributed by atoms with van der Waals surface area (Å²) in [6.07, 6.45) is 1.43. The van der Waals surface area contributed by atoms with Crippen LogP contribution in [0.5, 0.6) is 5.75 Å². The summed E-state index contributed by atoms with van der Waals surface area (Å²) in [4.78, 5) is 11.9. The second kappa shape index (κ2) is 8.48. The van der Waals surface area contributed by atoms with Crippen molar-refractivity contribution in [3.8, 4) is 5.75 Å². The highest BCUT2D eigenvalue weighted by Gasteiger charge is 2.11. The topological polar surface area (TPSA) is 72.5 Å². The Morgan fingerprint density at radius 2 is 1.72 bits per heavy atom. The van der Waals surface area contributed by atoms with Crippen LogP contribution < -0.4 is 10.1 Å². The van der Waals surface area contributed by atoms with E-state index in [4.69, 9.17) is 4.74 Å². The lowest BCUT2D eigenvalue weighted by Crippen LogP contribution is -2.16. The molecule has 25 heavy (non-hydrogen) atoms. The summed E-state index contributed by atoms with van der Waals surface area (Å²) in [6, 6.07) is 14.3. The van der Waals surface area contributed by atoms with Crippen LogP contribution in [0.2, 0.25) is 0 Å². The standard InChI is InChI=1S/C19H21NO4S/c1-15-3-5-16(6-4-15)11-13-25(22,23)14-12-19(21)20-17-7-9-18(24-2)10-8-17/h3-11,13H,12,14H2,1-2H3,(H,20,21)/b13-11+. The van der Waals surface area contributed by atoms with Gasteiger partial charge in [-0.1, -0.05) is 29.8 Å². The Labute approximate surface area is 148 Å². The van der Waals surface area contributed by atoms with E-state index < -0.39 is 9.84 Å². The molecule has 132 valence electrons. The summed E-state index contributed by atoms with van der Waals surface area (Å²) >= 11 is 0. The zero-order valence-electron chi connectivity index (χ0n) is 14.2. The maximum Gasteiger partial charge on any atom is 0.225 e. The van der Waals surface area contributed by atoms with Crippen molar-refractivity contribution in [2.75, 3.05) is 18.2 Å². The van der Waals surface area contributed by atoms with E-state index in [9.17, 15) is 13.2 Å². The lowest BCUT2D eigenvalue weighted by Gasteiger charge is -2.06. The van der Waals surface area contributed by atoms with Gasteiger partial charge in [-0.05, 0) is 42.8 Å². The molecule has 0 aliphatic heterocycles. The molecule has 0 saturated heterocycles. The summed E-state index contributed by atoms with van der Waals surface area (Å²) in [5, 5.41) is 3.81. The zero-order valence-corrected chi connectivity index (χ0v) is 15.0. The van der Waals surface area contributed by atoms with E-state index in [1.807, 2.05) is 31.2 Å². The molecule has 1 N–H and O–H groups in total. The fraction of sp³-hybridized carbons (Fsp3) is 0.211. The summed E-state index contributed by atoms with van der Waals surface area (Å²) in [5.41, 5.74) is 2.51. The molecule has 6 heteroatoms. The molecule has 0 fully saturated rings. The van der Waals surface area contributed by atoms with Crippen LogP contribution in [0.1, 0.15) is 17.5 Å². The average molecular weight is 359 g/mol. The molecule has 2 rings (SSSR count). The van der Waals surface area contributed by atoms with Gasteiger partial charge in [-0.3, -0.25) is 4.79 Å². The molecule has 2 aromatic rings. The highest BCUT2D eigenvalue weighted by Crippen LogP contribution is 2.15. The van der Waals surface area contributed by atoms with Gasteiger partial charge in [0.05, 0.1) is 12.9 Å². The van der Waals surface area contributed by atoms with E-state index in [-0.39, 0.29) is 18.1 Å². The summed E-state index contributed by atoms with van der Waals surface area (Å²) < 4.78 is 29.1. The number of carbonyl (C=O) groups excluding carboxylic acids is 1. The number of amides is 1. The molecule has 0 heterocycles. The Bertz CT molecular complexity index is 838. The van der Waals surface area contributed by atoms with E-state index in [0.29, 0.717) is 11.4 Å². The maximum absolute atomic E-state index is 12.0. The third-order valence-corrected chi connectivity index (χ3v) is 4.86. The van der Waals surface area contributed by atoms with Gasteiger partial charge in [0.2, 0.25) is 5.91 Å². The van der Waals surface area contributed by atoms with Gasteiger partial charge in [0, 0.05) is 17.5 Å². The van der Waals surface area contributed by atoms with Gasteiger partial charge in [-0.15, -0.1) is 0 Å². The molecule has 1 amide bonds. The number of carbonyl (C=O) groups is 1. The van der Waals surface area contributed by atoms with Crippen LogP contribution in [0.3, 0.4) is 0 Å². The number of methoxy groups -OCH3 is 1. The average Bonchev–Trinajstić information content (AvgIpc) is 2.60. The van der Waals surface area contributed by atoms with Crippen molar-refractivity contribution in [1.29, 1.82) is 0 Å². The number of rotatable bonds is 7. The van der Waals surface area contributed by atoms with Crippen molar-refractivity contribution in [1.82, 2.24) is 0 Å². The Kier molecular flexibility index (Phi) is 6.36. The number of nitrogens with one attached hydrogen (secondary N) is 1. The first kappa shape index (κ1) is 18.7. The van der Waals surface area contributed by atoms with E-state index >= 15 is 0 Å². The smallest absolute Gasteiger partial charge is 0.225 e. The molecule has 0 radical (unpaired) electrons. The molecule has 2 aromatic carbocycles. The van der Waals surface area contributed by atoms with Gasteiger partial charge >= 0.3 is 0 Å². The van der Waals surface area contributed by atoms with Crippen LogP contribution in [0.4, 0.5) is 5.69 Å². The van der Waals surface area contributed by atoms with Crippen LogP contribution in [-0.4, -0.2) is 27.2 Å². The third-order valence-electron chi connectivity index (χ3n) is 3.53. The van der Waals surface area contributed by atoms with Crippen molar-refractivity contribution >= 4 is 27.5 Å². The fourth-order valence-corrected chi connectivity index (χ4v) is 3.03. The third kappa shape index (κ3) is 6.43. The summed E-state index contributed by atoms with van der Waals surface area (Å²) in [6.45, 7) is 1.96. The van der Waals surface area contributed by atoms with Crippen molar-refractivity contribution in [3.05, 3.63) is 65.1 Å². The molecule has 0 aliphatic rings. The van der Waals surface area contributed by atoms with Crippen molar-refractivity contribution < 1.29 is 17.9 Å². The van der Waals surface area contributed by atoms with Gasteiger partial charge in [-0.25, -0.2) is 8.42 Å². The lowest BCUT2D eigenvalue weighted by molar-refractivity contribution is -0.115. The molecule has 0 aromatic heterocycles. The molecule has 0 saturated carbocycles. The molecule has 0 bridgehead atoms. The van der Waals surface area contributed by atoms with Gasteiger partial charge in [0.25, 0.3) is 0 Å². The predicted octanol–water partition coefficient (Wildman–Crippen LogP) is 3.42. The first-order valence-corrected chi connectivity index (χ1v) is 9.51. The second-order valence-electron chi connectivity index (χ2n) is 5.61. The normalized spacial score (nSPS) is 11.4. The number of anilines is 1. The zero-order chi connectivity index (χ0) is 18.3. The van der Waals surface area contributed by atoms with Crippen LogP contribution in [0.25, 0.3) is 6.08 Å². The van der Waals surface area contributed by atoms with Crippen LogP contribution in [0.15, 0.2) is 53.9 Å². The van der Waals surface area contributed by atoms with Gasteiger partial charge < -0.3 is 10.1 Å². The molecule has 0 aliphatic carbocycles. The highest BCUT2D eigenvalue weighted by atomic mass is 32.2. The summed E-state index contributed by atoms with van der Waals surface area (Å²) in [5.74, 6) is 0.0939. The van der Waals surface area contributed by atoms with E-state index in [0.717, 1.165) is 16.5 Å². The van der Waals surface area contributed by atoms with Crippen LogP contribution >= 0.6 is 0 Å². The lowest BCUT2D eigenvalue weighted by atomic mass is 10.2. The summed E-state index contributed by atoms with van der Waals surface area (Å²) in [7, 11) is -1.89. The Balaban J connectivity index is 1.87. The fourth-order valence-electron chi connectivity index (χ4n) is 2.06. The van der Waals surface area contributed by atoms with E-state index in [1.54, 1.807) is 31.4 Å². The first-order valence-electron chi connectivity index (χ1n) is 7.79. The minimum atomic E-state index is -3.45. The van der Waals surface area contributed by atoms with E-state index in [1.165, 1.54) is 6.08 Å². The van der Waals surface area contributed by atoms with Crippen LogP contribution in [-0.2, 0) is 14.6 Å². The SMILES string of the molecule is COc1ccc(NC(=O)CCS(=O)(=O)/C=C/c2ccc(C)cc2)cc1. The number of ether oxygens (including phenoxy) is 1. The number of hydrogen-bond donors (Lipinski definition) is 1. The van der Waals surface area contributed by atoms with Crippen LogP contribution in [0, 0.1) is 6.92 Å². The number of aryl methyl sites for hydroxylation is 1. The monoisotopic (exact) mass is 359 g/mol. The second-order valence-corrected chi connectivity index (χ2v) is 7.61. The number of hydrogen-bond acceptors (Lipinski definition) is 4. The molecule has 0 atom stereocenters. The largest absolute Gasteiger partial charge is 0.497 e. The molecule has 0 unspecified atom stereocenters.